The molecule has 0 unspecified atom stereocenters. The maximum Gasteiger partial charge on any atom is 0.306 e. The lowest BCUT2D eigenvalue weighted by Crippen LogP contribution is -2.23. The molecule has 2 aromatic rings. The van der Waals surface area contributed by atoms with E-state index in [9.17, 15) is 14.8 Å². The SMILES string of the molecule is CCCC(=O)OCc1cc2ccccc2n(O)c1=O. The van der Waals surface area contributed by atoms with Gasteiger partial charge in [-0.15, -0.1) is 4.73 Å². The number of aromatic nitrogens is 1. The van der Waals surface area contributed by atoms with Crippen LogP contribution in [0.4, 0.5) is 0 Å². The number of para-hydroxylation sites is 1. The largest absolute Gasteiger partial charge is 0.461 e. The van der Waals surface area contributed by atoms with Gasteiger partial charge in [0, 0.05) is 11.8 Å². The van der Waals surface area contributed by atoms with Gasteiger partial charge >= 0.3 is 5.97 Å². The molecule has 0 fully saturated rings. The Morgan fingerprint density at radius 3 is 2.84 bits per heavy atom. The van der Waals surface area contributed by atoms with Gasteiger partial charge in [-0.25, -0.2) is 0 Å². The first-order valence-electron chi connectivity index (χ1n) is 6.12. The Morgan fingerprint density at radius 2 is 2.11 bits per heavy atom. The number of carbonyl (C=O) groups is 1. The van der Waals surface area contributed by atoms with Crippen molar-refractivity contribution in [2.75, 3.05) is 0 Å². The zero-order valence-electron chi connectivity index (χ0n) is 10.6. The van der Waals surface area contributed by atoms with E-state index in [0.29, 0.717) is 28.5 Å². The van der Waals surface area contributed by atoms with Gasteiger partial charge in [-0.3, -0.25) is 9.59 Å². The number of hydrogen-bond acceptors (Lipinski definition) is 4. The number of rotatable bonds is 4. The maximum atomic E-state index is 11.9. The zero-order chi connectivity index (χ0) is 13.8. The van der Waals surface area contributed by atoms with Crippen molar-refractivity contribution in [2.24, 2.45) is 0 Å². The van der Waals surface area contributed by atoms with Crippen molar-refractivity contribution in [1.29, 1.82) is 0 Å². The van der Waals surface area contributed by atoms with Crippen LogP contribution in [-0.4, -0.2) is 15.9 Å². The highest BCUT2D eigenvalue weighted by Gasteiger charge is 2.10. The van der Waals surface area contributed by atoms with Gasteiger partial charge in [-0.1, -0.05) is 25.1 Å². The Bertz CT molecular complexity index is 660. The van der Waals surface area contributed by atoms with E-state index < -0.39 is 5.56 Å². The third-order valence-electron chi connectivity index (χ3n) is 2.80. The van der Waals surface area contributed by atoms with Crippen LogP contribution in [0.15, 0.2) is 35.1 Å². The highest BCUT2D eigenvalue weighted by atomic mass is 16.5. The summed E-state index contributed by atoms with van der Waals surface area (Å²) in [6.07, 6.45) is 1.02. The molecule has 1 N–H and O–H groups in total. The number of ether oxygens (including phenoxy) is 1. The minimum absolute atomic E-state index is 0.122. The number of carbonyl (C=O) groups excluding carboxylic acids is 1. The fourth-order valence-electron chi connectivity index (χ4n) is 1.84. The summed E-state index contributed by atoms with van der Waals surface area (Å²) in [6.45, 7) is 1.75. The van der Waals surface area contributed by atoms with Crippen molar-refractivity contribution in [2.45, 2.75) is 26.4 Å². The summed E-state index contributed by atoms with van der Waals surface area (Å²) in [5, 5.41) is 10.5. The van der Waals surface area contributed by atoms with E-state index in [-0.39, 0.29) is 18.1 Å². The first-order chi connectivity index (χ1) is 9.13. The van der Waals surface area contributed by atoms with Crippen LogP contribution in [0, 0.1) is 0 Å². The summed E-state index contributed by atoms with van der Waals surface area (Å²) >= 11 is 0. The van der Waals surface area contributed by atoms with Crippen LogP contribution in [0.1, 0.15) is 25.3 Å². The number of esters is 1. The summed E-state index contributed by atoms with van der Waals surface area (Å²) in [7, 11) is 0. The predicted molar refractivity (Wildman–Crippen MR) is 70.1 cm³/mol. The number of benzene rings is 1. The summed E-state index contributed by atoms with van der Waals surface area (Å²) < 4.78 is 5.57. The van der Waals surface area contributed by atoms with Crippen molar-refractivity contribution in [1.82, 2.24) is 4.73 Å². The molecule has 1 aromatic heterocycles. The topological polar surface area (TPSA) is 68.5 Å². The fourth-order valence-corrected chi connectivity index (χ4v) is 1.84. The molecule has 100 valence electrons. The van der Waals surface area contributed by atoms with Gasteiger partial charge in [-0.05, 0) is 18.6 Å². The average Bonchev–Trinajstić information content (AvgIpc) is 2.42. The quantitative estimate of drug-likeness (QED) is 0.675. The van der Waals surface area contributed by atoms with E-state index in [2.05, 4.69) is 0 Å². The molecule has 0 aliphatic rings. The van der Waals surface area contributed by atoms with Gasteiger partial charge in [-0.2, -0.15) is 0 Å². The first kappa shape index (κ1) is 13.1. The average molecular weight is 261 g/mol. The van der Waals surface area contributed by atoms with Gasteiger partial charge in [0.1, 0.15) is 6.61 Å². The van der Waals surface area contributed by atoms with Crippen LogP contribution in [0.2, 0.25) is 0 Å². The third kappa shape index (κ3) is 2.76. The maximum absolute atomic E-state index is 11.9. The van der Waals surface area contributed by atoms with Crippen LogP contribution in [-0.2, 0) is 16.1 Å². The van der Waals surface area contributed by atoms with E-state index >= 15 is 0 Å². The van der Waals surface area contributed by atoms with Crippen LogP contribution >= 0.6 is 0 Å². The molecule has 0 bridgehead atoms. The zero-order valence-corrected chi connectivity index (χ0v) is 10.6. The van der Waals surface area contributed by atoms with Gasteiger partial charge in [0.05, 0.1) is 11.1 Å². The smallest absolute Gasteiger partial charge is 0.306 e. The molecule has 1 aromatic carbocycles. The molecule has 0 amide bonds. The lowest BCUT2D eigenvalue weighted by atomic mass is 10.1. The second kappa shape index (κ2) is 5.56. The summed E-state index contributed by atoms with van der Waals surface area (Å²) in [6, 6.07) is 8.58. The summed E-state index contributed by atoms with van der Waals surface area (Å²) in [5.74, 6) is -0.348. The number of pyridine rings is 1. The molecule has 5 heteroatoms. The molecule has 0 saturated heterocycles. The van der Waals surface area contributed by atoms with Crippen LogP contribution in [0.25, 0.3) is 10.9 Å². The van der Waals surface area contributed by atoms with Gasteiger partial charge < -0.3 is 9.94 Å². The van der Waals surface area contributed by atoms with E-state index in [0.717, 1.165) is 0 Å². The van der Waals surface area contributed by atoms with E-state index in [1.165, 1.54) is 0 Å². The normalized spacial score (nSPS) is 10.6. The molecule has 0 aliphatic carbocycles. The molecule has 2 rings (SSSR count). The molecule has 0 aliphatic heterocycles. The molecule has 0 saturated carbocycles. The standard InChI is InChI=1S/C14H15NO4/c1-2-5-13(16)19-9-11-8-10-6-3-4-7-12(10)15(18)14(11)17/h3-4,6-8,18H,2,5,9H2,1H3. The Balaban J connectivity index is 2.31. The first-order valence-corrected chi connectivity index (χ1v) is 6.12. The number of hydrogen-bond donors (Lipinski definition) is 1. The van der Waals surface area contributed by atoms with Gasteiger partial charge in [0.2, 0.25) is 0 Å². The van der Waals surface area contributed by atoms with E-state index in [4.69, 9.17) is 4.74 Å². The second-order valence-electron chi connectivity index (χ2n) is 4.26. The van der Waals surface area contributed by atoms with Crippen LogP contribution in [0.3, 0.4) is 0 Å². The summed E-state index contributed by atoms with van der Waals surface area (Å²) in [4.78, 5) is 23.2. The molecule has 0 atom stereocenters. The third-order valence-corrected chi connectivity index (χ3v) is 2.80. The lowest BCUT2D eigenvalue weighted by molar-refractivity contribution is -0.145. The van der Waals surface area contributed by atoms with E-state index in [1.807, 2.05) is 6.92 Å². The Kier molecular flexibility index (Phi) is 3.85. The fraction of sp³-hybridized carbons (Fsp3) is 0.286. The predicted octanol–water partition coefficient (Wildman–Crippen LogP) is 2.08. The minimum Gasteiger partial charge on any atom is -0.461 e. The van der Waals surface area contributed by atoms with Gasteiger partial charge in [0.25, 0.3) is 5.56 Å². The van der Waals surface area contributed by atoms with E-state index in [1.54, 1.807) is 30.3 Å². The Morgan fingerprint density at radius 1 is 1.37 bits per heavy atom. The molecule has 0 spiro atoms. The minimum atomic E-state index is -0.567. The van der Waals surface area contributed by atoms with Crippen molar-refractivity contribution in [3.05, 3.63) is 46.2 Å². The highest BCUT2D eigenvalue weighted by Crippen LogP contribution is 2.12. The van der Waals surface area contributed by atoms with Crippen molar-refractivity contribution >= 4 is 16.9 Å². The Hall–Kier alpha value is -2.30. The summed E-state index contributed by atoms with van der Waals surface area (Å²) in [5.41, 5.74) is 0.116. The van der Waals surface area contributed by atoms with Crippen molar-refractivity contribution in [3.8, 4) is 0 Å². The Labute approximate surface area is 110 Å². The molecular weight excluding hydrogens is 246 g/mol. The number of fused-ring (bicyclic) bond motifs is 1. The van der Waals surface area contributed by atoms with Crippen LogP contribution < -0.4 is 5.56 Å². The molecule has 19 heavy (non-hydrogen) atoms. The second-order valence-corrected chi connectivity index (χ2v) is 4.26. The molecular formula is C14H15NO4. The monoisotopic (exact) mass is 261 g/mol. The lowest BCUT2D eigenvalue weighted by Gasteiger charge is -2.08. The van der Waals surface area contributed by atoms with Crippen molar-refractivity contribution in [3.63, 3.8) is 0 Å². The molecule has 1 heterocycles. The molecule has 0 radical (unpaired) electrons. The van der Waals surface area contributed by atoms with Gasteiger partial charge in [0.15, 0.2) is 0 Å². The number of nitrogens with zero attached hydrogens (tertiary/aromatic N) is 1. The van der Waals surface area contributed by atoms with Crippen molar-refractivity contribution < 1.29 is 14.7 Å². The molecule has 5 nitrogen and oxygen atoms in total. The van der Waals surface area contributed by atoms with Crippen LogP contribution in [0.5, 0.6) is 0 Å². The highest BCUT2D eigenvalue weighted by molar-refractivity contribution is 5.79.